The summed E-state index contributed by atoms with van der Waals surface area (Å²) in [7, 11) is 0. The Bertz CT molecular complexity index is 389. The lowest BCUT2D eigenvalue weighted by Gasteiger charge is -2.09. The highest BCUT2D eigenvalue weighted by molar-refractivity contribution is 8.00. The molecule has 1 aromatic carbocycles. The molecule has 82 valence electrons. The molecule has 3 nitrogen and oxygen atoms in total. The van der Waals surface area contributed by atoms with Crippen LogP contribution in [0.4, 0.5) is 19.3 Å². The van der Waals surface area contributed by atoms with Gasteiger partial charge in [0.05, 0.1) is 15.8 Å². The molecule has 15 heavy (non-hydrogen) atoms. The van der Waals surface area contributed by atoms with Crippen LogP contribution < -0.4 is 11.1 Å². The van der Waals surface area contributed by atoms with Crippen molar-refractivity contribution < 1.29 is 13.6 Å². The quantitative estimate of drug-likeness (QED) is 0.642. The van der Waals surface area contributed by atoms with Crippen LogP contribution in [0.5, 0.6) is 0 Å². The molecule has 0 radical (unpaired) electrons. The van der Waals surface area contributed by atoms with E-state index in [1.54, 1.807) is 0 Å². The average molecular weight is 253 g/mol. The second-order valence-electron chi connectivity index (χ2n) is 2.48. The third-order valence-corrected chi connectivity index (χ3v) is 2.63. The zero-order chi connectivity index (χ0) is 11.4. The fourth-order valence-corrected chi connectivity index (χ4v) is 1.89. The number of amides is 2. The number of carbonyl (C=O) groups is 1. The SMILES string of the molecule is NC(=O)Nc1ccc(F)c(F)c1SCCl. The van der Waals surface area contributed by atoms with Crippen molar-refractivity contribution in [1.82, 2.24) is 0 Å². The van der Waals surface area contributed by atoms with Crippen LogP contribution in [0, 0.1) is 11.6 Å². The van der Waals surface area contributed by atoms with Crippen LogP contribution in [0.2, 0.25) is 0 Å². The molecule has 0 unspecified atom stereocenters. The van der Waals surface area contributed by atoms with Gasteiger partial charge in [-0.05, 0) is 12.1 Å². The summed E-state index contributed by atoms with van der Waals surface area (Å²) in [6.07, 6.45) is 0. The van der Waals surface area contributed by atoms with Gasteiger partial charge in [-0.3, -0.25) is 0 Å². The fourth-order valence-electron chi connectivity index (χ4n) is 0.959. The Labute approximate surface area is 94.0 Å². The molecule has 0 aliphatic carbocycles. The third-order valence-electron chi connectivity index (χ3n) is 1.51. The number of benzene rings is 1. The number of hydrogen-bond acceptors (Lipinski definition) is 2. The van der Waals surface area contributed by atoms with Crippen molar-refractivity contribution in [3.05, 3.63) is 23.8 Å². The number of alkyl halides is 1. The summed E-state index contributed by atoms with van der Waals surface area (Å²) in [5.74, 6) is -2.05. The second kappa shape index (κ2) is 5.18. The number of halogens is 3. The van der Waals surface area contributed by atoms with Gasteiger partial charge < -0.3 is 11.1 Å². The standard InChI is InChI=1S/C8H7ClF2N2OS/c9-3-15-7-5(13-8(12)14)2-1-4(10)6(7)11/h1-2H,3H2,(H3,12,13,14). The molecule has 1 aromatic rings. The molecular weight excluding hydrogens is 246 g/mol. The van der Waals surface area contributed by atoms with Gasteiger partial charge in [-0.2, -0.15) is 0 Å². The first kappa shape index (κ1) is 12.1. The van der Waals surface area contributed by atoms with Crippen LogP contribution in [-0.4, -0.2) is 11.2 Å². The Morgan fingerprint density at radius 2 is 2.20 bits per heavy atom. The van der Waals surface area contributed by atoms with Crippen LogP contribution >= 0.6 is 23.4 Å². The molecule has 7 heteroatoms. The zero-order valence-electron chi connectivity index (χ0n) is 7.39. The number of carbonyl (C=O) groups excluding carboxylic acids is 1. The van der Waals surface area contributed by atoms with Gasteiger partial charge in [0.1, 0.15) is 0 Å². The average Bonchev–Trinajstić information content (AvgIpc) is 2.17. The van der Waals surface area contributed by atoms with Gasteiger partial charge in [0.15, 0.2) is 11.6 Å². The number of nitrogens with two attached hydrogens (primary N) is 1. The maximum Gasteiger partial charge on any atom is 0.316 e. The molecule has 0 aromatic heterocycles. The van der Waals surface area contributed by atoms with E-state index >= 15 is 0 Å². The highest BCUT2D eigenvalue weighted by Crippen LogP contribution is 2.32. The van der Waals surface area contributed by atoms with Crippen molar-refractivity contribution in [1.29, 1.82) is 0 Å². The first-order valence-electron chi connectivity index (χ1n) is 3.79. The minimum Gasteiger partial charge on any atom is -0.351 e. The van der Waals surface area contributed by atoms with E-state index in [0.29, 0.717) is 0 Å². The van der Waals surface area contributed by atoms with E-state index in [4.69, 9.17) is 17.3 Å². The summed E-state index contributed by atoms with van der Waals surface area (Å²) in [4.78, 5) is 10.5. The Morgan fingerprint density at radius 3 is 2.73 bits per heavy atom. The van der Waals surface area contributed by atoms with E-state index in [1.807, 2.05) is 0 Å². The van der Waals surface area contributed by atoms with Crippen molar-refractivity contribution in [3.63, 3.8) is 0 Å². The highest BCUT2D eigenvalue weighted by Gasteiger charge is 2.14. The van der Waals surface area contributed by atoms with E-state index < -0.39 is 17.7 Å². The summed E-state index contributed by atoms with van der Waals surface area (Å²) in [5, 5.41) is 2.21. The van der Waals surface area contributed by atoms with E-state index in [1.165, 1.54) is 6.07 Å². The van der Waals surface area contributed by atoms with Gasteiger partial charge >= 0.3 is 6.03 Å². The minimum atomic E-state index is -1.05. The largest absolute Gasteiger partial charge is 0.351 e. The molecule has 0 aliphatic rings. The van der Waals surface area contributed by atoms with Crippen LogP contribution in [0.3, 0.4) is 0 Å². The lowest BCUT2D eigenvalue weighted by Crippen LogP contribution is -2.20. The van der Waals surface area contributed by atoms with Crippen molar-refractivity contribution in [2.45, 2.75) is 4.90 Å². The maximum atomic E-state index is 13.3. The van der Waals surface area contributed by atoms with Gasteiger partial charge in [0.2, 0.25) is 0 Å². The van der Waals surface area contributed by atoms with E-state index in [2.05, 4.69) is 5.32 Å². The van der Waals surface area contributed by atoms with Crippen molar-refractivity contribution >= 4 is 35.1 Å². The number of rotatable bonds is 3. The summed E-state index contributed by atoms with van der Waals surface area (Å²) in [6, 6.07) is 1.27. The molecule has 3 N–H and O–H groups in total. The molecule has 0 atom stereocenters. The molecule has 1 rings (SSSR count). The molecular formula is C8H7ClF2N2OS. The van der Waals surface area contributed by atoms with Crippen molar-refractivity contribution in [2.24, 2.45) is 5.73 Å². The molecule has 2 amide bonds. The van der Waals surface area contributed by atoms with Gasteiger partial charge in [-0.25, -0.2) is 13.6 Å². The molecule has 0 saturated heterocycles. The smallest absolute Gasteiger partial charge is 0.316 e. The normalized spacial score (nSPS) is 10.1. The summed E-state index contributed by atoms with van der Waals surface area (Å²) in [5.41, 5.74) is 4.97. The van der Waals surface area contributed by atoms with E-state index in [0.717, 1.165) is 17.8 Å². The molecule has 0 heterocycles. The van der Waals surface area contributed by atoms with Gasteiger partial charge in [0.25, 0.3) is 0 Å². The van der Waals surface area contributed by atoms with Gasteiger partial charge in [-0.1, -0.05) is 0 Å². The van der Waals surface area contributed by atoms with Crippen LogP contribution in [0.1, 0.15) is 0 Å². The Balaban J connectivity index is 3.14. The van der Waals surface area contributed by atoms with Crippen molar-refractivity contribution in [3.8, 4) is 0 Å². The van der Waals surface area contributed by atoms with Crippen LogP contribution in [0.15, 0.2) is 17.0 Å². The molecule has 0 bridgehead atoms. The number of urea groups is 1. The van der Waals surface area contributed by atoms with Crippen LogP contribution in [-0.2, 0) is 0 Å². The Morgan fingerprint density at radius 1 is 1.53 bits per heavy atom. The first-order valence-corrected chi connectivity index (χ1v) is 5.31. The first-order chi connectivity index (χ1) is 7.06. The summed E-state index contributed by atoms with van der Waals surface area (Å²) >= 11 is 6.26. The molecule has 0 saturated carbocycles. The topological polar surface area (TPSA) is 55.1 Å². The Hall–Kier alpha value is -1.01. The maximum absolute atomic E-state index is 13.3. The molecule has 0 aliphatic heterocycles. The van der Waals surface area contributed by atoms with Crippen molar-refractivity contribution in [2.75, 3.05) is 10.5 Å². The highest BCUT2D eigenvalue weighted by atomic mass is 35.5. The number of hydrogen-bond donors (Lipinski definition) is 2. The van der Waals surface area contributed by atoms with Crippen LogP contribution in [0.25, 0.3) is 0 Å². The summed E-state index contributed by atoms with van der Waals surface area (Å²) < 4.78 is 26.1. The van der Waals surface area contributed by atoms with E-state index in [9.17, 15) is 13.6 Å². The van der Waals surface area contributed by atoms with Gasteiger partial charge in [0, 0.05) is 0 Å². The monoisotopic (exact) mass is 252 g/mol. The molecule has 0 spiro atoms. The predicted molar refractivity (Wildman–Crippen MR) is 56.1 cm³/mol. The number of primary amides is 1. The van der Waals surface area contributed by atoms with Gasteiger partial charge in [-0.15, -0.1) is 23.4 Å². The molecule has 0 fully saturated rings. The second-order valence-corrected chi connectivity index (χ2v) is 4.05. The lowest BCUT2D eigenvalue weighted by molar-refractivity contribution is 0.259. The third kappa shape index (κ3) is 2.97. The summed E-state index contributed by atoms with van der Waals surface area (Å²) in [6.45, 7) is 0. The fraction of sp³-hybridized carbons (Fsp3) is 0.125. The number of anilines is 1. The zero-order valence-corrected chi connectivity index (χ0v) is 8.96. The minimum absolute atomic E-state index is 0.0355. The Kier molecular flexibility index (Phi) is 4.16. The lowest BCUT2D eigenvalue weighted by atomic mass is 10.3. The number of thioether (sulfide) groups is 1. The van der Waals surface area contributed by atoms with E-state index in [-0.39, 0.29) is 15.8 Å². The predicted octanol–water partition coefficient (Wildman–Crippen LogP) is 2.74. The number of nitrogens with one attached hydrogen (secondary N) is 1.